The number of carbonyl (C=O) groups is 1. The van der Waals surface area contributed by atoms with Crippen LogP contribution in [0.25, 0.3) is 0 Å². The molecule has 0 aromatic heterocycles. The summed E-state index contributed by atoms with van der Waals surface area (Å²) in [6.45, 7) is 12.8. The first-order valence-corrected chi connectivity index (χ1v) is 20.8. The van der Waals surface area contributed by atoms with E-state index in [1.807, 2.05) is 6.92 Å². The van der Waals surface area contributed by atoms with Crippen molar-refractivity contribution in [3.8, 4) is 0 Å². The van der Waals surface area contributed by atoms with Crippen molar-refractivity contribution in [1.29, 1.82) is 0 Å². The lowest BCUT2D eigenvalue weighted by atomic mass is 9.79. The molecule has 0 aliphatic carbocycles. The number of fused-ring (bicyclic) bond motifs is 7. The van der Waals surface area contributed by atoms with Gasteiger partial charge in [-0.05, 0) is 62.0 Å². The van der Waals surface area contributed by atoms with E-state index in [1.165, 1.54) is 0 Å². The van der Waals surface area contributed by atoms with Crippen LogP contribution in [0.2, 0.25) is 0 Å². The maximum absolute atomic E-state index is 14.0. The molecule has 1 spiro atoms. The Kier molecular flexibility index (Phi) is 9.62. The quantitative estimate of drug-likeness (QED) is 0.298. The summed E-state index contributed by atoms with van der Waals surface area (Å²) in [5.74, 6) is -1.22. The second-order valence-electron chi connectivity index (χ2n) is 18.1. The summed E-state index contributed by atoms with van der Waals surface area (Å²) >= 11 is 0. The number of carbonyl (C=O) groups excluding carboxylic acids is 1. The van der Waals surface area contributed by atoms with Crippen molar-refractivity contribution in [1.82, 2.24) is 0 Å². The lowest BCUT2D eigenvalue weighted by Crippen LogP contribution is -2.62. The van der Waals surface area contributed by atoms with E-state index >= 15 is 0 Å². The molecule has 11 aliphatic heterocycles. The normalized spacial score (nSPS) is 55.7. The van der Waals surface area contributed by atoms with Crippen LogP contribution in [0.3, 0.4) is 0 Å². The van der Waals surface area contributed by atoms with Crippen LogP contribution in [0.1, 0.15) is 90.9 Å². The van der Waals surface area contributed by atoms with Crippen molar-refractivity contribution in [3.05, 3.63) is 24.3 Å². The Balaban J connectivity index is 0.938. The Hall–Kier alpha value is -1.49. The van der Waals surface area contributed by atoms with Crippen molar-refractivity contribution in [2.75, 3.05) is 6.61 Å². The number of hydrogen-bond donors (Lipinski definition) is 2. The zero-order valence-corrected chi connectivity index (χ0v) is 31.5. The highest BCUT2D eigenvalue weighted by Gasteiger charge is 2.69. The molecule has 11 rings (SSSR count). The molecule has 13 heteroatoms. The smallest absolute Gasteiger partial charge is 0.308 e. The number of hydrogen-bond acceptors (Lipinski definition) is 13. The molecule has 0 radical (unpaired) electrons. The van der Waals surface area contributed by atoms with Gasteiger partial charge in [0.25, 0.3) is 0 Å². The van der Waals surface area contributed by atoms with E-state index in [2.05, 4.69) is 20.1 Å². The van der Waals surface area contributed by atoms with Gasteiger partial charge in [-0.25, -0.2) is 0 Å². The number of aliphatic hydroxyl groups excluding tert-OH is 2. The minimum Gasteiger partial charge on any atom is -0.459 e. The van der Waals surface area contributed by atoms with E-state index in [1.54, 1.807) is 0 Å². The fourth-order valence-corrected chi connectivity index (χ4v) is 11.7. The molecular formula is C41H58O13. The SMILES string of the molecule is C=C1C2C[C@@H]3O[C@H]4C[C@@H](O)[C@@H](CO)O[C@H]4[C@H](C)[C@H]3OC(=O)C[C@H]3CC[C@@H]4OC5[C@H]6O[C@@H]7C[C@](CC[C@H]8CC(=C)[C@H](CC[C@@H](C[C@H]1C)O2)O8)(OC6[C@H]4O3)O[C@@H]57. The van der Waals surface area contributed by atoms with Crippen molar-refractivity contribution >= 4 is 5.97 Å². The fourth-order valence-electron chi connectivity index (χ4n) is 11.7. The predicted molar refractivity (Wildman–Crippen MR) is 188 cm³/mol. The predicted octanol–water partition coefficient (Wildman–Crippen LogP) is 3.20. The zero-order valence-electron chi connectivity index (χ0n) is 31.5. The molecule has 54 heavy (non-hydrogen) atoms. The summed E-state index contributed by atoms with van der Waals surface area (Å²) in [4.78, 5) is 14.0. The molecule has 11 aliphatic rings. The monoisotopic (exact) mass is 758 g/mol. The van der Waals surface area contributed by atoms with Crippen LogP contribution in [0.15, 0.2) is 24.3 Å². The molecule has 11 fully saturated rings. The Bertz CT molecular complexity index is 1470. The van der Waals surface area contributed by atoms with Crippen molar-refractivity contribution in [2.24, 2.45) is 11.8 Å². The minimum absolute atomic E-state index is 0.000828. The first-order valence-electron chi connectivity index (χ1n) is 20.8. The van der Waals surface area contributed by atoms with Gasteiger partial charge >= 0.3 is 5.97 Å². The summed E-state index contributed by atoms with van der Waals surface area (Å²) in [6.07, 6.45) is 1.52. The van der Waals surface area contributed by atoms with E-state index in [0.29, 0.717) is 32.1 Å². The number of ether oxygens (including phenoxy) is 10. The van der Waals surface area contributed by atoms with E-state index in [4.69, 9.17) is 47.4 Å². The molecule has 2 N–H and O–H groups in total. The van der Waals surface area contributed by atoms with Gasteiger partial charge < -0.3 is 57.6 Å². The second kappa shape index (κ2) is 14.1. The first kappa shape index (κ1) is 36.8. The maximum Gasteiger partial charge on any atom is 0.308 e. The Labute approximate surface area is 317 Å². The van der Waals surface area contributed by atoms with E-state index < -0.39 is 54.6 Å². The average Bonchev–Trinajstić information content (AvgIpc) is 3.73. The molecular weight excluding hydrogens is 700 g/mol. The summed E-state index contributed by atoms with van der Waals surface area (Å²) in [5, 5.41) is 20.7. The van der Waals surface area contributed by atoms with Crippen LogP contribution in [0.4, 0.5) is 0 Å². The molecule has 13 nitrogen and oxygen atoms in total. The number of esters is 1. The van der Waals surface area contributed by atoms with Gasteiger partial charge in [0.05, 0.1) is 80.2 Å². The summed E-state index contributed by atoms with van der Waals surface area (Å²) in [7, 11) is 0. The Morgan fingerprint density at radius 1 is 0.667 bits per heavy atom. The first-order chi connectivity index (χ1) is 26.0. The van der Waals surface area contributed by atoms with Crippen LogP contribution in [-0.4, -0.2) is 138 Å². The summed E-state index contributed by atoms with van der Waals surface area (Å²) in [5.41, 5.74) is 2.13. The van der Waals surface area contributed by atoms with E-state index in [0.717, 1.165) is 49.7 Å². The third-order valence-electron chi connectivity index (χ3n) is 14.6. The van der Waals surface area contributed by atoms with Crippen molar-refractivity contribution < 1.29 is 62.4 Å². The number of aliphatic hydroxyl groups is 2. The van der Waals surface area contributed by atoms with E-state index in [-0.39, 0.29) is 91.9 Å². The van der Waals surface area contributed by atoms with Gasteiger partial charge in [0.2, 0.25) is 0 Å². The Morgan fingerprint density at radius 2 is 1.41 bits per heavy atom. The average molecular weight is 759 g/mol. The topological polar surface area (TPSA) is 150 Å². The highest BCUT2D eigenvalue weighted by molar-refractivity contribution is 5.70. The molecule has 0 aromatic rings. The summed E-state index contributed by atoms with van der Waals surface area (Å²) in [6, 6.07) is 0. The van der Waals surface area contributed by atoms with Gasteiger partial charge in [-0.1, -0.05) is 27.0 Å². The molecule has 0 saturated carbocycles. The zero-order chi connectivity index (χ0) is 37.0. The molecule has 12 bridgehead atoms. The molecule has 0 aromatic carbocycles. The highest BCUT2D eigenvalue weighted by atomic mass is 16.8. The van der Waals surface area contributed by atoms with Gasteiger partial charge in [0.15, 0.2) is 5.79 Å². The van der Waals surface area contributed by atoms with Crippen LogP contribution in [0, 0.1) is 11.8 Å². The van der Waals surface area contributed by atoms with Crippen LogP contribution >= 0.6 is 0 Å². The Morgan fingerprint density at radius 3 is 2.26 bits per heavy atom. The minimum atomic E-state index is -0.863. The summed E-state index contributed by atoms with van der Waals surface area (Å²) < 4.78 is 66.5. The lowest BCUT2D eigenvalue weighted by molar-refractivity contribution is -0.293. The van der Waals surface area contributed by atoms with Gasteiger partial charge in [-0.15, -0.1) is 0 Å². The van der Waals surface area contributed by atoms with Gasteiger partial charge in [0.1, 0.15) is 42.7 Å². The van der Waals surface area contributed by atoms with Gasteiger partial charge in [0, 0.05) is 31.6 Å². The van der Waals surface area contributed by atoms with Gasteiger partial charge in [-0.3, -0.25) is 4.79 Å². The highest BCUT2D eigenvalue weighted by Crippen LogP contribution is 2.54. The second-order valence-corrected chi connectivity index (χ2v) is 18.1. The van der Waals surface area contributed by atoms with Crippen LogP contribution < -0.4 is 0 Å². The van der Waals surface area contributed by atoms with Crippen LogP contribution in [-0.2, 0) is 52.2 Å². The largest absolute Gasteiger partial charge is 0.459 e. The standard InChI is InChI=1S/C41H58O13/c1-18-11-22-5-7-26-19(2)12-24(45-26)9-10-41-16-31-37(53-41)38-39(50-31)40(54-41)36-27(49-38)8-6-23(47-36)13-33(44)52-35-21(4)34-29(14-25(43)32(17-42)51-34)48-30(35)15-28(46-22)20(18)3/h18,21-32,34-40,42-43H,2-3,5-17H2,1,4H3/t18-,21+,22+,23-,24+,25-,26+,27+,28?,29+,30+,31-,32-,34+,35-,36+,37-,38?,39-,40?,41+/m1/s1. The van der Waals surface area contributed by atoms with Crippen molar-refractivity contribution in [2.45, 2.75) is 207 Å². The van der Waals surface area contributed by atoms with Crippen LogP contribution in [0.5, 0.6) is 0 Å². The third-order valence-corrected chi connectivity index (χ3v) is 14.6. The molecule has 3 unspecified atom stereocenters. The van der Waals surface area contributed by atoms with Gasteiger partial charge in [-0.2, -0.15) is 0 Å². The molecule has 11 saturated heterocycles. The molecule has 11 heterocycles. The van der Waals surface area contributed by atoms with Crippen molar-refractivity contribution in [3.63, 3.8) is 0 Å². The molecule has 0 amide bonds. The number of rotatable bonds is 1. The van der Waals surface area contributed by atoms with E-state index in [9.17, 15) is 15.0 Å². The maximum atomic E-state index is 14.0. The third kappa shape index (κ3) is 6.36. The molecule has 300 valence electrons. The lowest BCUT2D eigenvalue weighted by Gasteiger charge is -2.51. The fraction of sp³-hybridized carbons (Fsp3) is 0.878. The molecule has 21 atom stereocenters.